The van der Waals surface area contributed by atoms with Gasteiger partial charge in [-0.25, -0.2) is 0 Å². The highest BCUT2D eigenvalue weighted by Gasteiger charge is 2.19. The Hall–Kier alpha value is -1.97. The fourth-order valence-corrected chi connectivity index (χ4v) is 2.04. The summed E-state index contributed by atoms with van der Waals surface area (Å²) in [7, 11) is 1.67. The first-order valence-electron chi connectivity index (χ1n) is 6.34. The first-order chi connectivity index (χ1) is 8.84. The van der Waals surface area contributed by atoms with E-state index in [1.165, 1.54) is 5.56 Å². The van der Waals surface area contributed by atoms with Crippen LogP contribution in [-0.2, 0) is 5.41 Å². The molecule has 0 aliphatic rings. The number of ether oxygens (including phenoxy) is 1. The van der Waals surface area contributed by atoms with Crippen molar-refractivity contribution in [1.29, 1.82) is 0 Å². The van der Waals surface area contributed by atoms with Gasteiger partial charge in [0.15, 0.2) is 0 Å². The van der Waals surface area contributed by atoms with E-state index < -0.39 is 0 Å². The van der Waals surface area contributed by atoms with Crippen LogP contribution in [0.25, 0.3) is 11.3 Å². The molecule has 0 aliphatic heterocycles. The lowest BCUT2D eigenvalue weighted by Gasteiger charge is -2.21. The van der Waals surface area contributed by atoms with Crippen LogP contribution >= 0.6 is 0 Å². The summed E-state index contributed by atoms with van der Waals surface area (Å²) in [5.41, 5.74) is 10.0. The average molecular weight is 259 g/mol. The lowest BCUT2D eigenvalue weighted by Crippen LogP contribution is -2.11. The predicted molar refractivity (Wildman–Crippen MR) is 78.4 cm³/mol. The van der Waals surface area contributed by atoms with Gasteiger partial charge in [-0.2, -0.15) is 5.10 Å². The Balaban J connectivity index is 2.63. The number of hydrogen-bond acceptors (Lipinski definition) is 3. The van der Waals surface area contributed by atoms with E-state index in [0.29, 0.717) is 5.82 Å². The largest absolute Gasteiger partial charge is 0.496 e. The highest BCUT2D eigenvalue weighted by Crippen LogP contribution is 2.36. The Morgan fingerprint density at radius 3 is 2.42 bits per heavy atom. The van der Waals surface area contributed by atoms with Crippen LogP contribution in [0, 0.1) is 6.92 Å². The lowest BCUT2D eigenvalue weighted by atomic mass is 9.85. The highest BCUT2D eigenvalue weighted by molar-refractivity contribution is 5.73. The number of nitrogen functional groups attached to an aromatic ring is 1. The number of aromatic nitrogens is 2. The van der Waals surface area contributed by atoms with E-state index in [1.54, 1.807) is 7.11 Å². The molecule has 0 fully saturated rings. The molecule has 0 atom stereocenters. The summed E-state index contributed by atoms with van der Waals surface area (Å²) in [6.45, 7) is 8.52. The summed E-state index contributed by atoms with van der Waals surface area (Å²) in [6, 6.07) is 6.22. The van der Waals surface area contributed by atoms with Crippen LogP contribution < -0.4 is 10.5 Å². The molecule has 0 bridgehead atoms. The van der Waals surface area contributed by atoms with Gasteiger partial charge in [0.1, 0.15) is 11.6 Å². The maximum Gasteiger partial charge on any atom is 0.148 e. The number of H-pyrrole nitrogens is 1. The molecular weight excluding hydrogens is 238 g/mol. The minimum atomic E-state index is 0.0838. The predicted octanol–water partition coefficient (Wildman–Crippen LogP) is 3.27. The summed E-state index contributed by atoms with van der Waals surface area (Å²) < 4.78 is 5.44. The molecule has 0 amide bonds. The SMILES string of the molecule is COc1ccc(C(C)(C)C)cc1-c1[nH]nc(N)c1C. The van der Waals surface area contributed by atoms with Crippen LogP contribution in [0.1, 0.15) is 31.9 Å². The van der Waals surface area contributed by atoms with Crippen molar-refractivity contribution in [3.8, 4) is 17.0 Å². The molecule has 1 heterocycles. The Kier molecular flexibility index (Phi) is 3.27. The smallest absolute Gasteiger partial charge is 0.148 e. The topological polar surface area (TPSA) is 63.9 Å². The fraction of sp³-hybridized carbons (Fsp3) is 0.400. The molecule has 0 saturated heterocycles. The third-order valence-electron chi connectivity index (χ3n) is 3.38. The van der Waals surface area contributed by atoms with Crippen molar-refractivity contribution in [2.75, 3.05) is 12.8 Å². The zero-order chi connectivity index (χ0) is 14.2. The summed E-state index contributed by atoms with van der Waals surface area (Å²) in [6.07, 6.45) is 0. The maximum absolute atomic E-state index is 5.81. The number of rotatable bonds is 2. The Morgan fingerprint density at radius 1 is 1.26 bits per heavy atom. The molecule has 0 saturated carbocycles. The van der Waals surface area contributed by atoms with E-state index >= 15 is 0 Å². The number of methoxy groups -OCH3 is 1. The van der Waals surface area contributed by atoms with E-state index in [1.807, 2.05) is 13.0 Å². The van der Waals surface area contributed by atoms with Crippen molar-refractivity contribution in [3.63, 3.8) is 0 Å². The molecule has 1 aromatic heterocycles. The number of nitrogens with zero attached hydrogens (tertiary/aromatic N) is 1. The molecule has 0 unspecified atom stereocenters. The number of anilines is 1. The van der Waals surface area contributed by atoms with Gasteiger partial charge >= 0.3 is 0 Å². The van der Waals surface area contributed by atoms with Crippen LogP contribution in [0.5, 0.6) is 5.75 Å². The fourth-order valence-electron chi connectivity index (χ4n) is 2.04. The van der Waals surface area contributed by atoms with E-state index in [0.717, 1.165) is 22.6 Å². The third-order valence-corrected chi connectivity index (χ3v) is 3.38. The van der Waals surface area contributed by atoms with E-state index in [-0.39, 0.29) is 5.41 Å². The molecule has 4 nitrogen and oxygen atoms in total. The van der Waals surface area contributed by atoms with Gasteiger partial charge in [0, 0.05) is 11.1 Å². The molecule has 2 aromatic rings. The Morgan fingerprint density at radius 2 is 1.95 bits per heavy atom. The number of aromatic amines is 1. The van der Waals surface area contributed by atoms with Crippen molar-refractivity contribution in [2.45, 2.75) is 33.1 Å². The van der Waals surface area contributed by atoms with E-state index in [9.17, 15) is 0 Å². The minimum Gasteiger partial charge on any atom is -0.496 e. The zero-order valence-corrected chi connectivity index (χ0v) is 12.2. The van der Waals surface area contributed by atoms with Crippen LogP contribution in [0.2, 0.25) is 0 Å². The standard InChI is InChI=1S/C15H21N3O/c1-9-13(17-18-14(9)16)11-8-10(15(2,3)4)6-7-12(11)19-5/h6-8H,1-5H3,(H3,16,17,18). The second-order valence-electron chi connectivity index (χ2n) is 5.77. The van der Waals surface area contributed by atoms with Crippen LogP contribution in [0.3, 0.4) is 0 Å². The number of hydrogen-bond donors (Lipinski definition) is 2. The van der Waals surface area contributed by atoms with Gasteiger partial charge < -0.3 is 10.5 Å². The van der Waals surface area contributed by atoms with Gasteiger partial charge in [0.25, 0.3) is 0 Å². The van der Waals surface area contributed by atoms with Crippen molar-refractivity contribution in [1.82, 2.24) is 10.2 Å². The molecule has 3 N–H and O–H groups in total. The number of benzene rings is 1. The van der Waals surface area contributed by atoms with Gasteiger partial charge in [0.05, 0.1) is 12.8 Å². The first kappa shape index (κ1) is 13.5. The van der Waals surface area contributed by atoms with Gasteiger partial charge in [-0.1, -0.05) is 26.8 Å². The number of nitrogens with one attached hydrogen (secondary N) is 1. The van der Waals surface area contributed by atoms with Gasteiger partial charge in [-0.05, 0) is 30.0 Å². The first-order valence-corrected chi connectivity index (χ1v) is 6.34. The molecule has 4 heteroatoms. The highest BCUT2D eigenvalue weighted by atomic mass is 16.5. The molecule has 0 aliphatic carbocycles. The summed E-state index contributed by atoms with van der Waals surface area (Å²) in [5.74, 6) is 1.35. The summed E-state index contributed by atoms with van der Waals surface area (Å²) in [5, 5.41) is 7.05. The van der Waals surface area contributed by atoms with E-state index in [2.05, 4.69) is 43.1 Å². The normalized spacial score (nSPS) is 11.6. The van der Waals surface area contributed by atoms with Crippen molar-refractivity contribution >= 4 is 5.82 Å². The lowest BCUT2D eigenvalue weighted by molar-refractivity contribution is 0.415. The maximum atomic E-state index is 5.81. The molecular formula is C15H21N3O. The average Bonchev–Trinajstić information content (AvgIpc) is 2.68. The molecule has 0 radical (unpaired) electrons. The quantitative estimate of drug-likeness (QED) is 0.870. The van der Waals surface area contributed by atoms with Crippen molar-refractivity contribution < 1.29 is 4.74 Å². The summed E-state index contributed by atoms with van der Waals surface area (Å²) in [4.78, 5) is 0. The minimum absolute atomic E-state index is 0.0838. The van der Waals surface area contributed by atoms with Crippen LogP contribution in [-0.4, -0.2) is 17.3 Å². The molecule has 0 spiro atoms. The Labute approximate surface area is 114 Å². The van der Waals surface area contributed by atoms with E-state index in [4.69, 9.17) is 10.5 Å². The second kappa shape index (κ2) is 4.61. The van der Waals surface area contributed by atoms with Gasteiger partial charge in [0.2, 0.25) is 0 Å². The summed E-state index contributed by atoms with van der Waals surface area (Å²) >= 11 is 0. The van der Waals surface area contributed by atoms with Crippen molar-refractivity contribution in [2.24, 2.45) is 0 Å². The molecule has 102 valence electrons. The van der Waals surface area contributed by atoms with Crippen LogP contribution in [0.4, 0.5) is 5.82 Å². The van der Waals surface area contributed by atoms with Crippen molar-refractivity contribution in [3.05, 3.63) is 29.3 Å². The zero-order valence-electron chi connectivity index (χ0n) is 12.2. The molecule has 19 heavy (non-hydrogen) atoms. The van der Waals surface area contributed by atoms with Gasteiger partial charge in [-0.15, -0.1) is 0 Å². The monoisotopic (exact) mass is 259 g/mol. The third kappa shape index (κ3) is 2.43. The molecule has 2 rings (SSSR count). The molecule has 1 aromatic carbocycles. The Bertz CT molecular complexity index is 594. The van der Waals surface area contributed by atoms with Crippen LogP contribution in [0.15, 0.2) is 18.2 Å². The van der Waals surface area contributed by atoms with Gasteiger partial charge in [-0.3, -0.25) is 5.10 Å². The number of nitrogens with two attached hydrogens (primary N) is 1. The second-order valence-corrected chi connectivity index (χ2v) is 5.77.